The summed E-state index contributed by atoms with van der Waals surface area (Å²) in [6, 6.07) is 8.38. The summed E-state index contributed by atoms with van der Waals surface area (Å²) in [5, 5.41) is 3.31. The molecule has 1 aliphatic rings. The highest BCUT2D eigenvalue weighted by atomic mass is 35.5. The molecule has 2 amide bonds. The predicted molar refractivity (Wildman–Crippen MR) is 97.0 cm³/mol. The molecule has 0 saturated heterocycles. The normalized spacial score (nSPS) is 12.9. The molecule has 0 fully saturated rings. The summed E-state index contributed by atoms with van der Waals surface area (Å²) in [5.41, 5.74) is 8.77. The molecule has 3 N–H and O–H groups in total. The van der Waals surface area contributed by atoms with Crippen molar-refractivity contribution in [3.05, 3.63) is 51.5 Å². The Labute approximate surface area is 149 Å². The number of amides is 2. The van der Waals surface area contributed by atoms with Crippen molar-refractivity contribution in [3.8, 4) is 0 Å². The first kappa shape index (κ1) is 16.6. The Hall–Kier alpha value is -2.24. The molecule has 7 heteroatoms. The zero-order chi connectivity index (χ0) is 17.4. The fourth-order valence-corrected chi connectivity index (χ4v) is 3.22. The summed E-state index contributed by atoms with van der Waals surface area (Å²) < 4.78 is 0. The highest BCUT2D eigenvalue weighted by Gasteiger charge is 2.23. The van der Waals surface area contributed by atoms with Crippen LogP contribution in [0.2, 0.25) is 10.0 Å². The van der Waals surface area contributed by atoms with E-state index in [4.69, 9.17) is 28.9 Å². The molecule has 124 valence electrons. The van der Waals surface area contributed by atoms with E-state index in [1.54, 1.807) is 35.2 Å². The van der Waals surface area contributed by atoms with Gasteiger partial charge in [0.2, 0.25) is 5.91 Å². The van der Waals surface area contributed by atoms with Crippen LogP contribution in [0.5, 0.6) is 0 Å². The fraction of sp³-hybridized carbons (Fsp3) is 0.176. The number of rotatable bonds is 2. The molecular formula is C17H15Cl2N3O2. The van der Waals surface area contributed by atoms with Crippen molar-refractivity contribution in [2.45, 2.75) is 13.3 Å². The van der Waals surface area contributed by atoms with Crippen LogP contribution in [0.25, 0.3) is 0 Å². The van der Waals surface area contributed by atoms with E-state index < -0.39 is 0 Å². The molecule has 2 aromatic rings. The summed E-state index contributed by atoms with van der Waals surface area (Å²) in [6.45, 7) is 2.17. The average Bonchev–Trinajstić information content (AvgIpc) is 2.95. The Morgan fingerprint density at radius 1 is 1.17 bits per heavy atom. The first-order chi connectivity index (χ1) is 11.4. The van der Waals surface area contributed by atoms with E-state index >= 15 is 0 Å². The van der Waals surface area contributed by atoms with Crippen LogP contribution < -0.4 is 16.0 Å². The lowest BCUT2D eigenvalue weighted by atomic mass is 10.1. The molecular weight excluding hydrogens is 349 g/mol. The van der Waals surface area contributed by atoms with Gasteiger partial charge in [-0.1, -0.05) is 23.2 Å². The van der Waals surface area contributed by atoms with Crippen molar-refractivity contribution < 1.29 is 9.59 Å². The molecule has 0 unspecified atom stereocenters. The number of anilines is 3. The molecule has 3 rings (SSSR count). The number of carbonyl (C=O) groups is 2. The SMILES string of the molecule is CC(=O)N1CCc2cc(C(=O)Nc3cc(Cl)c(N)c(Cl)c3)ccc21. The zero-order valence-electron chi connectivity index (χ0n) is 12.9. The number of hydrogen-bond acceptors (Lipinski definition) is 3. The van der Waals surface area contributed by atoms with Gasteiger partial charge in [0.25, 0.3) is 5.91 Å². The van der Waals surface area contributed by atoms with Crippen LogP contribution in [0.3, 0.4) is 0 Å². The molecule has 0 aromatic heterocycles. The van der Waals surface area contributed by atoms with Crippen molar-refractivity contribution in [2.24, 2.45) is 0 Å². The molecule has 0 aliphatic carbocycles. The van der Waals surface area contributed by atoms with Crippen LogP contribution in [0, 0.1) is 0 Å². The molecule has 0 spiro atoms. The number of nitrogen functional groups attached to an aromatic ring is 1. The summed E-state index contributed by atoms with van der Waals surface area (Å²) in [4.78, 5) is 25.7. The van der Waals surface area contributed by atoms with Gasteiger partial charge in [0.1, 0.15) is 0 Å². The van der Waals surface area contributed by atoms with Crippen LogP contribution in [0.4, 0.5) is 17.1 Å². The highest BCUT2D eigenvalue weighted by molar-refractivity contribution is 6.39. The van der Waals surface area contributed by atoms with Crippen LogP contribution in [-0.2, 0) is 11.2 Å². The lowest BCUT2D eigenvalue weighted by molar-refractivity contribution is -0.116. The van der Waals surface area contributed by atoms with Gasteiger partial charge in [-0.3, -0.25) is 9.59 Å². The number of halogens is 2. The van der Waals surface area contributed by atoms with E-state index in [2.05, 4.69) is 5.32 Å². The number of nitrogens with two attached hydrogens (primary N) is 1. The van der Waals surface area contributed by atoms with E-state index in [1.165, 1.54) is 6.92 Å². The number of nitrogens with zero attached hydrogens (tertiary/aromatic N) is 1. The van der Waals surface area contributed by atoms with Gasteiger partial charge in [-0.25, -0.2) is 0 Å². The Morgan fingerprint density at radius 2 is 1.83 bits per heavy atom. The van der Waals surface area contributed by atoms with E-state index in [0.29, 0.717) is 17.8 Å². The molecule has 5 nitrogen and oxygen atoms in total. The average molecular weight is 364 g/mol. The minimum atomic E-state index is -0.282. The second-order valence-corrected chi connectivity index (χ2v) is 6.39. The van der Waals surface area contributed by atoms with Crippen LogP contribution >= 0.6 is 23.2 Å². The number of fused-ring (bicyclic) bond motifs is 1. The molecule has 1 aliphatic heterocycles. The monoisotopic (exact) mass is 363 g/mol. The molecule has 0 radical (unpaired) electrons. The first-order valence-corrected chi connectivity index (χ1v) is 8.09. The lowest BCUT2D eigenvalue weighted by Gasteiger charge is -2.15. The van der Waals surface area contributed by atoms with Crippen molar-refractivity contribution in [1.82, 2.24) is 0 Å². The fourth-order valence-electron chi connectivity index (χ4n) is 2.73. The second kappa shape index (κ2) is 6.34. The summed E-state index contributed by atoms with van der Waals surface area (Å²) in [6.07, 6.45) is 0.732. The second-order valence-electron chi connectivity index (χ2n) is 5.57. The molecule has 0 atom stereocenters. The van der Waals surface area contributed by atoms with Crippen molar-refractivity contribution >= 4 is 52.1 Å². The van der Waals surface area contributed by atoms with Gasteiger partial charge in [-0.05, 0) is 42.3 Å². The Bertz CT molecular complexity index is 829. The largest absolute Gasteiger partial charge is 0.396 e. The minimum Gasteiger partial charge on any atom is -0.396 e. The standard InChI is InChI=1S/C17H15Cl2N3O2/c1-9(23)22-5-4-10-6-11(2-3-15(10)22)17(24)21-12-7-13(18)16(20)14(19)8-12/h2-3,6-8H,4-5,20H2,1H3,(H,21,24). The maximum atomic E-state index is 12.4. The zero-order valence-corrected chi connectivity index (χ0v) is 14.4. The van der Waals surface area contributed by atoms with Gasteiger partial charge in [0.05, 0.1) is 15.7 Å². The molecule has 24 heavy (non-hydrogen) atoms. The van der Waals surface area contributed by atoms with E-state index in [-0.39, 0.29) is 27.5 Å². The van der Waals surface area contributed by atoms with Gasteiger partial charge in [0, 0.05) is 30.4 Å². The van der Waals surface area contributed by atoms with E-state index in [0.717, 1.165) is 17.7 Å². The number of benzene rings is 2. The maximum Gasteiger partial charge on any atom is 0.255 e. The minimum absolute atomic E-state index is 0.00268. The number of nitrogens with one attached hydrogen (secondary N) is 1. The summed E-state index contributed by atoms with van der Waals surface area (Å²) in [7, 11) is 0. The van der Waals surface area contributed by atoms with Gasteiger partial charge in [-0.15, -0.1) is 0 Å². The Morgan fingerprint density at radius 3 is 2.46 bits per heavy atom. The van der Waals surface area contributed by atoms with Crippen molar-refractivity contribution in [2.75, 3.05) is 22.5 Å². The quantitative estimate of drug-likeness (QED) is 0.798. The first-order valence-electron chi connectivity index (χ1n) is 7.33. The predicted octanol–water partition coefficient (Wildman–Crippen LogP) is 3.74. The van der Waals surface area contributed by atoms with E-state index in [1.807, 2.05) is 0 Å². The third-order valence-electron chi connectivity index (χ3n) is 3.95. The lowest BCUT2D eigenvalue weighted by Crippen LogP contribution is -2.25. The van der Waals surface area contributed by atoms with Crippen LogP contribution in [-0.4, -0.2) is 18.4 Å². The smallest absolute Gasteiger partial charge is 0.255 e. The Kier molecular flexibility index (Phi) is 4.39. The van der Waals surface area contributed by atoms with Gasteiger partial charge in [0.15, 0.2) is 0 Å². The molecule has 1 heterocycles. The van der Waals surface area contributed by atoms with Gasteiger partial charge < -0.3 is 16.0 Å². The Balaban J connectivity index is 1.83. The van der Waals surface area contributed by atoms with Crippen LogP contribution in [0.1, 0.15) is 22.8 Å². The summed E-state index contributed by atoms with van der Waals surface area (Å²) >= 11 is 11.9. The highest BCUT2D eigenvalue weighted by Crippen LogP contribution is 2.32. The third-order valence-corrected chi connectivity index (χ3v) is 4.58. The molecule has 2 aromatic carbocycles. The van der Waals surface area contributed by atoms with Crippen molar-refractivity contribution in [1.29, 1.82) is 0 Å². The molecule has 0 bridgehead atoms. The third kappa shape index (κ3) is 3.05. The van der Waals surface area contributed by atoms with Crippen molar-refractivity contribution in [3.63, 3.8) is 0 Å². The van der Waals surface area contributed by atoms with Crippen LogP contribution in [0.15, 0.2) is 30.3 Å². The number of hydrogen-bond donors (Lipinski definition) is 2. The maximum absolute atomic E-state index is 12.4. The van der Waals surface area contributed by atoms with Gasteiger partial charge >= 0.3 is 0 Å². The van der Waals surface area contributed by atoms with Gasteiger partial charge in [-0.2, -0.15) is 0 Å². The number of carbonyl (C=O) groups excluding carboxylic acids is 2. The topological polar surface area (TPSA) is 75.4 Å². The summed E-state index contributed by atoms with van der Waals surface area (Å²) in [5.74, 6) is -0.284. The van der Waals surface area contributed by atoms with E-state index in [9.17, 15) is 9.59 Å². The molecule has 0 saturated carbocycles.